The molecule has 0 N–H and O–H groups in total. The monoisotopic (exact) mass is 409 g/mol. The Balaban J connectivity index is 1.77. The molecule has 0 fully saturated rings. The van der Waals surface area contributed by atoms with Crippen LogP contribution in [0, 0.1) is 0 Å². The predicted molar refractivity (Wildman–Crippen MR) is 130 cm³/mol. The van der Waals surface area contributed by atoms with Crippen molar-refractivity contribution in [3.63, 3.8) is 0 Å². The zero-order chi connectivity index (χ0) is 19.7. The molecule has 0 saturated heterocycles. The van der Waals surface area contributed by atoms with E-state index in [4.69, 9.17) is 4.99 Å². The van der Waals surface area contributed by atoms with Gasteiger partial charge in [-0.15, -0.1) is 9.24 Å². The molecule has 2 atom stereocenters. The summed E-state index contributed by atoms with van der Waals surface area (Å²) in [6.07, 6.45) is 0. The maximum absolute atomic E-state index is 5.26. The molecule has 140 valence electrons. The first-order valence-corrected chi connectivity index (χ1v) is 11.6. The van der Waals surface area contributed by atoms with Crippen LogP contribution in [0.3, 0.4) is 0 Å². The summed E-state index contributed by atoms with van der Waals surface area (Å²) in [7, 11) is 2.39. The third-order valence-corrected chi connectivity index (χ3v) is 9.04. The van der Waals surface area contributed by atoms with Gasteiger partial charge in [0.2, 0.25) is 0 Å². The first-order valence-electron chi connectivity index (χ1n) is 9.72. The summed E-state index contributed by atoms with van der Waals surface area (Å²) in [6, 6.07) is 40.9. The maximum atomic E-state index is 5.26. The summed E-state index contributed by atoms with van der Waals surface area (Å²) in [5.74, 6) is 0. The molecule has 29 heavy (non-hydrogen) atoms. The van der Waals surface area contributed by atoms with Gasteiger partial charge in [-0.3, -0.25) is 4.99 Å². The summed E-state index contributed by atoms with van der Waals surface area (Å²) in [6.45, 7) is 0. The van der Waals surface area contributed by atoms with Crippen molar-refractivity contribution in [2.75, 3.05) is 0 Å². The van der Waals surface area contributed by atoms with Crippen LogP contribution < -0.4 is 10.6 Å². The fourth-order valence-electron chi connectivity index (χ4n) is 3.99. The fraction of sp³-hybridized carbons (Fsp3) is 0.0385. The van der Waals surface area contributed by atoms with E-state index in [1.165, 1.54) is 27.2 Å². The second kappa shape index (κ2) is 7.68. The molecule has 4 aromatic carbocycles. The van der Waals surface area contributed by atoms with Crippen LogP contribution in [0.5, 0.6) is 0 Å². The van der Waals surface area contributed by atoms with E-state index in [9.17, 15) is 0 Å². The highest BCUT2D eigenvalue weighted by atomic mass is 31.1. The minimum Gasteiger partial charge on any atom is -0.250 e. The van der Waals surface area contributed by atoms with E-state index < -0.39 is 7.92 Å². The van der Waals surface area contributed by atoms with Crippen molar-refractivity contribution < 1.29 is 0 Å². The lowest BCUT2D eigenvalue weighted by atomic mass is 9.92. The number of rotatable bonds is 4. The Bertz CT molecular complexity index is 1120. The van der Waals surface area contributed by atoms with Gasteiger partial charge >= 0.3 is 0 Å². The summed E-state index contributed by atoms with van der Waals surface area (Å²) in [5, 5.41) is 2.31. The molecular weight excluding hydrogens is 388 g/mol. The van der Waals surface area contributed by atoms with Crippen LogP contribution in [-0.2, 0) is 5.16 Å². The molecule has 2 unspecified atom stereocenters. The van der Waals surface area contributed by atoms with Gasteiger partial charge in [0.25, 0.3) is 0 Å². The molecule has 0 radical (unpaired) electrons. The van der Waals surface area contributed by atoms with Crippen molar-refractivity contribution in [3.8, 4) is 0 Å². The predicted octanol–water partition coefficient (Wildman–Crippen LogP) is 5.98. The fourth-order valence-corrected chi connectivity index (χ4v) is 7.41. The van der Waals surface area contributed by atoms with Crippen LogP contribution in [0.4, 0.5) is 5.69 Å². The number of hydrogen-bond donors (Lipinski definition) is 0. The molecule has 5 rings (SSSR count). The van der Waals surface area contributed by atoms with Crippen LogP contribution in [-0.4, -0.2) is 5.45 Å². The van der Waals surface area contributed by atoms with Gasteiger partial charge in [0, 0.05) is 7.92 Å². The van der Waals surface area contributed by atoms with Gasteiger partial charge in [0.1, 0.15) is 0 Å². The Labute approximate surface area is 175 Å². The van der Waals surface area contributed by atoms with Crippen LogP contribution in [0.15, 0.2) is 120 Å². The molecule has 3 heteroatoms. The largest absolute Gasteiger partial charge is 0.250 e. The second-order valence-corrected chi connectivity index (χ2v) is 10.1. The topological polar surface area (TPSA) is 12.4 Å². The van der Waals surface area contributed by atoms with Crippen molar-refractivity contribution in [2.45, 2.75) is 5.16 Å². The third kappa shape index (κ3) is 3.16. The summed E-state index contributed by atoms with van der Waals surface area (Å²) < 4.78 is 0. The van der Waals surface area contributed by atoms with Gasteiger partial charge in [-0.2, -0.15) is 0 Å². The van der Waals surface area contributed by atoms with Crippen LogP contribution in [0.25, 0.3) is 0 Å². The minimum absolute atomic E-state index is 0.338. The minimum atomic E-state index is -0.781. The first-order chi connectivity index (χ1) is 14.3. The second-order valence-electron chi connectivity index (χ2n) is 7.13. The average molecular weight is 409 g/mol. The molecule has 0 spiro atoms. The third-order valence-electron chi connectivity index (χ3n) is 5.38. The molecule has 0 amide bonds. The summed E-state index contributed by atoms with van der Waals surface area (Å²) >= 11 is 0. The zero-order valence-corrected chi connectivity index (χ0v) is 18.0. The van der Waals surface area contributed by atoms with E-state index in [2.05, 4.69) is 125 Å². The number of benzene rings is 4. The van der Waals surface area contributed by atoms with Gasteiger partial charge in [0.15, 0.2) is 0 Å². The Morgan fingerprint density at radius 3 is 1.66 bits per heavy atom. The van der Waals surface area contributed by atoms with Crippen molar-refractivity contribution in [3.05, 3.63) is 126 Å². The summed E-state index contributed by atoms with van der Waals surface area (Å²) in [5.41, 5.74) is 4.79. The Hall–Kier alpha value is -2.59. The standard InChI is InChI=1S/C26H21NP2/c28-26(20-12-4-1-5-13-20)23-18-10-11-19-24(23)27-25(26)29(21-14-6-2-7-15-21)22-16-8-3-9-17-22/h1-19H,28H2. The van der Waals surface area contributed by atoms with E-state index in [0.29, 0.717) is 0 Å². The molecule has 1 aliphatic rings. The highest BCUT2D eigenvalue weighted by Crippen LogP contribution is 2.57. The number of hydrogen-bond acceptors (Lipinski definition) is 1. The highest BCUT2D eigenvalue weighted by molar-refractivity contribution is 7.89. The molecule has 0 bridgehead atoms. The molecule has 1 heterocycles. The molecule has 0 saturated carbocycles. The average Bonchev–Trinajstić information content (AvgIpc) is 3.10. The van der Waals surface area contributed by atoms with Crippen molar-refractivity contribution in [2.24, 2.45) is 4.99 Å². The SMILES string of the molecule is PC1(c2ccccc2)C(P(c2ccccc2)c2ccccc2)=Nc2ccccc21. The lowest BCUT2D eigenvalue weighted by molar-refractivity contribution is 1.04. The summed E-state index contributed by atoms with van der Waals surface area (Å²) in [4.78, 5) is 5.26. The van der Waals surface area contributed by atoms with E-state index in [0.717, 1.165) is 5.69 Å². The van der Waals surface area contributed by atoms with Gasteiger partial charge in [-0.05, 0) is 27.8 Å². The molecule has 0 aromatic heterocycles. The Morgan fingerprint density at radius 2 is 1.07 bits per heavy atom. The lowest BCUT2D eigenvalue weighted by Crippen LogP contribution is -2.31. The van der Waals surface area contributed by atoms with Gasteiger partial charge < -0.3 is 0 Å². The normalized spacial score (nSPS) is 17.8. The number of aliphatic imine (C=N–C) groups is 1. The molecule has 4 aromatic rings. The quantitative estimate of drug-likeness (QED) is 0.368. The van der Waals surface area contributed by atoms with E-state index in [-0.39, 0.29) is 5.16 Å². The number of fused-ring (bicyclic) bond motifs is 1. The van der Waals surface area contributed by atoms with Crippen LogP contribution in [0.1, 0.15) is 11.1 Å². The van der Waals surface area contributed by atoms with Crippen molar-refractivity contribution >= 4 is 38.9 Å². The van der Waals surface area contributed by atoms with E-state index in [1.54, 1.807) is 0 Å². The Morgan fingerprint density at radius 1 is 0.586 bits per heavy atom. The van der Waals surface area contributed by atoms with Crippen molar-refractivity contribution in [1.82, 2.24) is 0 Å². The lowest BCUT2D eigenvalue weighted by Gasteiger charge is -2.33. The van der Waals surface area contributed by atoms with E-state index in [1.807, 2.05) is 0 Å². The first kappa shape index (κ1) is 18.4. The van der Waals surface area contributed by atoms with Crippen molar-refractivity contribution in [1.29, 1.82) is 0 Å². The highest BCUT2D eigenvalue weighted by Gasteiger charge is 2.45. The molecule has 1 aliphatic heterocycles. The smallest absolute Gasteiger partial charge is 0.0793 e. The van der Waals surface area contributed by atoms with Crippen LogP contribution >= 0.6 is 17.2 Å². The van der Waals surface area contributed by atoms with E-state index >= 15 is 0 Å². The zero-order valence-electron chi connectivity index (χ0n) is 15.9. The Kier molecular flexibility index (Phi) is 4.88. The molecular formula is C26H21NP2. The molecule has 0 aliphatic carbocycles. The molecule has 1 nitrogen and oxygen atoms in total. The van der Waals surface area contributed by atoms with Gasteiger partial charge in [-0.1, -0.05) is 109 Å². The number of para-hydroxylation sites is 1. The van der Waals surface area contributed by atoms with Gasteiger partial charge in [0.05, 0.1) is 16.3 Å². The van der Waals surface area contributed by atoms with Gasteiger partial charge in [-0.25, -0.2) is 0 Å². The maximum Gasteiger partial charge on any atom is 0.0793 e. The van der Waals surface area contributed by atoms with Crippen LogP contribution in [0.2, 0.25) is 0 Å². The number of nitrogens with zero attached hydrogens (tertiary/aromatic N) is 1.